The number of hydrogen-bond acceptors (Lipinski definition) is 4. The van der Waals surface area contributed by atoms with Crippen LogP contribution in [0.5, 0.6) is 0 Å². The average molecular weight is 280 g/mol. The summed E-state index contributed by atoms with van der Waals surface area (Å²) >= 11 is 0. The van der Waals surface area contributed by atoms with Crippen LogP contribution in [0, 0.1) is 5.92 Å². The van der Waals surface area contributed by atoms with E-state index < -0.39 is 5.97 Å². The highest BCUT2D eigenvalue weighted by molar-refractivity contribution is 5.75. The molecule has 0 bridgehead atoms. The van der Waals surface area contributed by atoms with Gasteiger partial charge in [-0.1, -0.05) is 6.42 Å². The third-order valence-electron chi connectivity index (χ3n) is 3.61. The van der Waals surface area contributed by atoms with Crippen LogP contribution in [0.4, 0.5) is 5.69 Å². The van der Waals surface area contributed by atoms with Crippen LogP contribution in [0.3, 0.4) is 0 Å². The van der Waals surface area contributed by atoms with Crippen molar-refractivity contribution in [2.45, 2.75) is 38.3 Å². The third kappa shape index (κ3) is 3.72. The number of rotatable bonds is 5. The summed E-state index contributed by atoms with van der Waals surface area (Å²) in [6.07, 6.45) is 6.69. The molecule has 0 aliphatic heterocycles. The van der Waals surface area contributed by atoms with Crippen molar-refractivity contribution < 1.29 is 14.7 Å². The fraction of sp³-hybridized carbons (Fsp3) is 0.615. The number of aliphatic carboxylic acids is 1. The van der Waals surface area contributed by atoms with Gasteiger partial charge in [0.2, 0.25) is 5.91 Å². The van der Waals surface area contributed by atoms with Crippen LogP contribution < -0.4 is 10.6 Å². The predicted octanol–water partition coefficient (Wildman–Crippen LogP) is 0.684. The van der Waals surface area contributed by atoms with Gasteiger partial charge in [0.05, 0.1) is 17.8 Å². The first kappa shape index (κ1) is 14.4. The Labute approximate surface area is 117 Å². The molecule has 110 valence electrons. The fourth-order valence-electron chi connectivity index (χ4n) is 2.53. The average Bonchev–Trinajstić information content (AvgIpc) is 2.86. The second-order valence-electron chi connectivity index (χ2n) is 5.14. The summed E-state index contributed by atoms with van der Waals surface area (Å²) in [5.74, 6) is -1.09. The van der Waals surface area contributed by atoms with Crippen molar-refractivity contribution in [3.05, 3.63) is 12.4 Å². The molecule has 2 unspecified atom stereocenters. The van der Waals surface area contributed by atoms with E-state index in [1.54, 1.807) is 24.1 Å². The van der Waals surface area contributed by atoms with Gasteiger partial charge in [0, 0.05) is 19.3 Å². The molecule has 20 heavy (non-hydrogen) atoms. The zero-order valence-electron chi connectivity index (χ0n) is 11.5. The number of hydrogen-bond donors (Lipinski definition) is 3. The van der Waals surface area contributed by atoms with E-state index in [-0.39, 0.29) is 24.4 Å². The van der Waals surface area contributed by atoms with Gasteiger partial charge < -0.3 is 15.7 Å². The number of aromatic nitrogens is 2. The van der Waals surface area contributed by atoms with Crippen molar-refractivity contribution in [1.29, 1.82) is 0 Å². The molecule has 0 radical (unpaired) electrons. The van der Waals surface area contributed by atoms with Crippen molar-refractivity contribution in [3.8, 4) is 0 Å². The van der Waals surface area contributed by atoms with E-state index in [1.165, 1.54) is 0 Å². The minimum Gasteiger partial charge on any atom is -0.481 e. The zero-order valence-corrected chi connectivity index (χ0v) is 11.5. The van der Waals surface area contributed by atoms with Gasteiger partial charge in [-0.2, -0.15) is 5.10 Å². The van der Waals surface area contributed by atoms with Crippen molar-refractivity contribution in [3.63, 3.8) is 0 Å². The summed E-state index contributed by atoms with van der Waals surface area (Å²) < 4.78 is 1.55. The van der Waals surface area contributed by atoms with E-state index in [0.717, 1.165) is 24.9 Å². The molecule has 1 heterocycles. The van der Waals surface area contributed by atoms with Crippen molar-refractivity contribution in [1.82, 2.24) is 15.1 Å². The highest BCUT2D eigenvalue weighted by Gasteiger charge is 2.26. The van der Waals surface area contributed by atoms with Gasteiger partial charge in [0.25, 0.3) is 0 Å². The van der Waals surface area contributed by atoms with Crippen LogP contribution in [0.25, 0.3) is 0 Å². The molecule has 1 saturated carbocycles. The van der Waals surface area contributed by atoms with Crippen LogP contribution in [0.15, 0.2) is 12.4 Å². The Morgan fingerprint density at radius 1 is 1.50 bits per heavy atom. The lowest BCUT2D eigenvalue weighted by Gasteiger charge is -2.27. The number of likely N-dealkylation sites (N-methyl/N-ethyl adjacent to an activating group) is 1. The Bertz CT molecular complexity index is 486. The highest BCUT2D eigenvalue weighted by Crippen LogP contribution is 2.26. The van der Waals surface area contributed by atoms with Crippen molar-refractivity contribution in [2.24, 2.45) is 5.92 Å². The van der Waals surface area contributed by atoms with E-state index in [0.29, 0.717) is 6.42 Å². The predicted molar refractivity (Wildman–Crippen MR) is 73.3 cm³/mol. The first-order chi connectivity index (χ1) is 9.58. The minimum atomic E-state index is -0.716. The fourth-order valence-corrected chi connectivity index (χ4v) is 2.53. The normalized spacial score (nSPS) is 22.2. The topological polar surface area (TPSA) is 96.2 Å². The van der Waals surface area contributed by atoms with E-state index in [4.69, 9.17) is 5.11 Å². The number of carboxylic acid groups (broad SMARTS) is 1. The lowest BCUT2D eigenvalue weighted by molar-refractivity contribution is -0.142. The summed E-state index contributed by atoms with van der Waals surface area (Å²) in [7, 11) is 1.58. The van der Waals surface area contributed by atoms with Crippen LogP contribution in [0.1, 0.15) is 25.7 Å². The molecule has 2 rings (SSSR count). The largest absolute Gasteiger partial charge is 0.481 e. The molecule has 2 atom stereocenters. The molecule has 1 amide bonds. The maximum absolute atomic E-state index is 11.2. The first-order valence-corrected chi connectivity index (χ1v) is 6.81. The number of carbonyl (C=O) groups is 2. The van der Waals surface area contributed by atoms with Crippen LogP contribution in [-0.2, 0) is 16.1 Å². The van der Waals surface area contributed by atoms with E-state index >= 15 is 0 Å². The summed E-state index contributed by atoms with van der Waals surface area (Å²) in [5, 5.41) is 19.0. The molecule has 7 heteroatoms. The molecule has 1 aromatic heterocycles. The van der Waals surface area contributed by atoms with Crippen LogP contribution in [0.2, 0.25) is 0 Å². The molecule has 0 aromatic carbocycles. The molecule has 7 nitrogen and oxygen atoms in total. The molecule has 0 saturated heterocycles. The number of carbonyl (C=O) groups excluding carboxylic acids is 1. The van der Waals surface area contributed by atoms with Gasteiger partial charge >= 0.3 is 5.97 Å². The zero-order chi connectivity index (χ0) is 14.5. The van der Waals surface area contributed by atoms with Gasteiger partial charge in [-0.05, 0) is 19.3 Å². The van der Waals surface area contributed by atoms with Crippen molar-refractivity contribution >= 4 is 17.6 Å². The van der Waals surface area contributed by atoms with Gasteiger partial charge in [-0.25, -0.2) is 0 Å². The smallest absolute Gasteiger partial charge is 0.306 e. The number of anilines is 1. The van der Waals surface area contributed by atoms with E-state index in [9.17, 15) is 9.59 Å². The number of carboxylic acids is 1. The second-order valence-corrected chi connectivity index (χ2v) is 5.14. The van der Waals surface area contributed by atoms with Crippen LogP contribution >= 0.6 is 0 Å². The summed E-state index contributed by atoms with van der Waals surface area (Å²) in [5.41, 5.74) is 0.824. The molecular weight excluding hydrogens is 260 g/mol. The molecule has 1 aliphatic rings. The Morgan fingerprint density at radius 2 is 2.30 bits per heavy atom. The minimum absolute atomic E-state index is 0.108. The lowest BCUT2D eigenvalue weighted by Crippen LogP contribution is -2.30. The summed E-state index contributed by atoms with van der Waals surface area (Å²) in [6.45, 7) is 0.181. The second kappa shape index (κ2) is 6.40. The first-order valence-electron chi connectivity index (χ1n) is 6.81. The highest BCUT2D eigenvalue weighted by atomic mass is 16.4. The van der Waals surface area contributed by atoms with Gasteiger partial charge in [0.15, 0.2) is 0 Å². The van der Waals surface area contributed by atoms with E-state index in [2.05, 4.69) is 15.7 Å². The summed E-state index contributed by atoms with van der Waals surface area (Å²) in [4.78, 5) is 22.3. The number of nitrogens with one attached hydrogen (secondary N) is 2. The quantitative estimate of drug-likeness (QED) is 0.737. The molecule has 3 N–H and O–H groups in total. The molecular formula is C13H20N4O3. The number of amides is 1. The Balaban J connectivity index is 1.90. The maximum atomic E-state index is 11.2. The van der Waals surface area contributed by atoms with Gasteiger partial charge in [0.1, 0.15) is 6.54 Å². The summed E-state index contributed by atoms with van der Waals surface area (Å²) in [6, 6.07) is 0.155. The Hall–Kier alpha value is -2.05. The van der Waals surface area contributed by atoms with Gasteiger partial charge in [-0.15, -0.1) is 0 Å². The van der Waals surface area contributed by atoms with E-state index in [1.807, 2.05) is 0 Å². The molecule has 1 aromatic rings. The maximum Gasteiger partial charge on any atom is 0.306 e. The monoisotopic (exact) mass is 280 g/mol. The SMILES string of the molecule is CNC(=O)Cn1cc(NC2CCCC(C(=O)O)C2)cn1. The van der Waals surface area contributed by atoms with Gasteiger partial charge in [-0.3, -0.25) is 14.3 Å². The molecule has 1 aliphatic carbocycles. The molecule has 1 fully saturated rings. The molecule has 0 spiro atoms. The number of nitrogens with zero attached hydrogens (tertiary/aromatic N) is 2. The standard InChI is InChI=1S/C13H20N4O3/c1-14-12(18)8-17-7-11(6-15-17)16-10-4-2-3-9(5-10)13(19)20/h6-7,9-10,16H,2-5,8H2,1H3,(H,14,18)(H,19,20). The Kier molecular flexibility index (Phi) is 4.60. The Morgan fingerprint density at radius 3 is 3.00 bits per heavy atom. The lowest BCUT2D eigenvalue weighted by atomic mass is 9.86. The van der Waals surface area contributed by atoms with Crippen LogP contribution in [-0.4, -0.2) is 39.9 Å². The van der Waals surface area contributed by atoms with Crippen molar-refractivity contribution in [2.75, 3.05) is 12.4 Å². The third-order valence-corrected chi connectivity index (χ3v) is 3.61.